The molecule has 2 amide bonds. The van der Waals surface area contributed by atoms with Gasteiger partial charge in [0.2, 0.25) is 11.8 Å². The number of hydrogen-bond acceptors (Lipinski definition) is 4. The molecule has 30 heavy (non-hydrogen) atoms. The summed E-state index contributed by atoms with van der Waals surface area (Å²) < 4.78 is 5.65. The summed E-state index contributed by atoms with van der Waals surface area (Å²) in [5, 5.41) is 6.66. The van der Waals surface area contributed by atoms with Gasteiger partial charge in [0, 0.05) is 50.0 Å². The van der Waals surface area contributed by atoms with E-state index in [1.165, 1.54) is 0 Å². The lowest BCUT2D eigenvalue weighted by Gasteiger charge is -2.29. The average Bonchev–Trinajstić information content (AvgIpc) is 3.21. The molecule has 0 N–H and O–H groups in total. The largest absolute Gasteiger partial charge is 0.360 e. The predicted octanol–water partition coefficient (Wildman–Crippen LogP) is 3.78. The molecule has 5 rings (SSSR count). The molecule has 6 heteroatoms. The Morgan fingerprint density at radius 3 is 2.80 bits per heavy atom. The molecule has 0 bridgehead atoms. The minimum absolute atomic E-state index is 0.0871. The lowest BCUT2D eigenvalue weighted by Crippen LogP contribution is -2.40. The molecule has 2 aromatic carbocycles. The van der Waals surface area contributed by atoms with Gasteiger partial charge in [0.05, 0.1) is 6.54 Å². The van der Waals surface area contributed by atoms with Crippen molar-refractivity contribution in [3.8, 4) is 11.3 Å². The summed E-state index contributed by atoms with van der Waals surface area (Å²) in [5.74, 6) is 1.13. The fraction of sp³-hybridized carbons (Fsp3) is 0.375. The molecule has 2 aliphatic heterocycles. The Kier molecular flexibility index (Phi) is 4.99. The molecule has 0 aliphatic carbocycles. The van der Waals surface area contributed by atoms with Crippen LogP contribution in [-0.4, -0.2) is 46.4 Å². The smallest absolute Gasteiger partial charge is 0.224 e. The van der Waals surface area contributed by atoms with Crippen LogP contribution in [0.25, 0.3) is 22.0 Å². The maximum absolute atomic E-state index is 12.9. The van der Waals surface area contributed by atoms with Crippen molar-refractivity contribution in [2.45, 2.75) is 38.6 Å². The van der Waals surface area contributed by atoms with Crippen LogP contribution in [0.5, 0.6) is 0 Å². The summed E-state index contributed by atoms with van der Waals surface area (Å²) in [6.45, 7) is 2.42. The van der Waals surface area contributed by atoms with E-state index in [0.717, 1.165) is 52.7 Å². The number of carbonyl (C=O) groups is 2. The number of amides is 2. The molecule has 1 aromatic heterocycles. The van der Waals surface area contributed by atoms with Crippen LogP contribution in [0, 0.1) is 0 Å². The molecule has 3 aromatic rings. The zero-order valence-electron chi connectivity index (χ0n) is 17.0. The normalized spacial score (nSPS) is 16.7. The van der Waals surface area contributed by atoms with Gasteiger partial charge in [-0.3, -0.25) is 9.59 Å². The number of nitrogens with zero attached hydrogens (tertiary/aromatic N) is 3. The van der Waals surface area contributed by atoms with Gasteiger partial charge in [-0.1, -0.05) is 47.6 Å². The maximum Gasteiger partial charge on any atom is 0.224 e. The van der Waals surface area contributed by atoms with E-state index in [0.29, 0.717) is 38.9 Å². The summed E-state index contributed by atoms with van der Waals surface area (Å²) in [6, 6.07) is 14.4. The van der Waals surface area contributed by atoms with Crippen LogP contribution in [0.2, 0.25) is 0 Å². The SMILES string of the molecule is O=C1CCCCN1CCC(=O)N1CCc2onc(-c3cccc4ccccc34)c2C1. The second-order valence-corrected chi connectivity index (χ2v) is 8.11. The molecule has 0 atom stereocenters. The standard InChI is InChI=1S/C24H25N3O3/c28-22-10-3-4-13-26(22)15-12-23(29)27-14-11-21-20(16-27)24(25-30-21)19-9-5-7-17-6-1-2-8-18(17)19/h1-2,5-9H,3-4,10-16H2. The van der Waals surface area contributed by atoms with Gasteiger partial charge >= 0.3 is 0 Å². The first-order valence-corrected chi connectivity index (χ1v) is 10.7. The van der Waals surface area contributed by atoms with Crippen LogP contribution in [0.4, 0.5) is 0 Å². The predicted molar refractivity (Wildman–Crippen MR) is 114 cm³/mol. The summed E-state index contributed by atoms with van der Waals surface area (Å²) in [7, 11) is 0. The Labute approximate surface area is 175 Å². The maximum atomic E-state index is 12.9. The van der Waals surface area contributed by atoms with E-state index in [1.807, 2.05) is 28.0 Å². The van der Waals surface area contributed by atoms with Crippen molar-refractivity contribution < 1.29 is 14.1 Å². The fourth-order valence-electron chi connectivity index (χ4n) is 4.55. The molecular weight excluding hydrogens is 378 g/mol. The average molecular weight is 403 g/mol. The minimum atomic E-state index is 0.0871. The van der Waals surface area contributed by atoms with Crippen molar-refractivity contribution in [3.63, 3.8) is 0 Å². The molecule has 0 radical (unpaired) electrons. The molecule has 0 unspecified atom stereocenters. The van der Waals surface area contributed by atoms with Gasteiger partial charge in [0.1, 0.15) is 11.5 Å². The zero-order valence-corrected chi connectivity index (χ0v) is 17.0. The number of piperidine rings is 1. The third-order valence-electron chi connectivity index (χ3n) is 6.24. The van der Waals surface area contributed by atoms with Gasteiger partial charge in [-0.25, -0.2) is 0 Å². The number of likely N-dealkylation sites (tertiary alicyclic amines) is 1. The fourth-order valence-corrected chi connectivity index (χ4v) is 4.55. The lowest BCUT2D eigenvalue weighted by molar-refractivity contribution is -0.136. The second kappa shape index (κ2) is 7.94. The van der Waals surface area contributed by atoms with Gasteiger partial charge in [-0.05, 0) is 23.6 Å². The number of rotatable bonds is 4. The Morgan fingerprint density at radius 2 is 1.90 bits per heavy atom. The lowest BCUT2D eigenvalue weighted by atomic mass is 9.97. The monoisotopic (exact) mass is 403 g/mol. The first-order chi connectivity index (χ1) is 14.7. The summed E-state index contributed by atoms with van der Waals surface area (Å²) in [4.78, 5) is 28.6. The summed E-state index contributed by atoms with van der Waals surface area (Å²) in [6.07, 6.45) is 3.64. The van der Waals surface area contributed by atoms with Crippen molar-refractivity contribution in [2.24, 2.45) is 0 Å². The van der Waals surface area contributed by atoms with Crippen molar-refractivity contribution >= 4 is 22.6 Å². The second-order valence-electron chi connectivity index (χ2n) is 8.11. The van der Waals surface area contributed by atoms with Gasteiger partial charge < -0.3 is 14.3 Å². The molecule has 3 heterocycles. The third kappa shape index (κ3) is 3.47. The molecule has 6 nitrogen and oxygen atoms in total. The van der Waals surface area contributed by atoms with Crippen molar-refractivity contribution in [2.75, 3.05) is 19.6 Å². The minimum Gasteiger partial charge on any atom is -0.360 e. The van der Waals surface area contributed by atoms with Crippen LogP contribution in [0.15, 0.2) is 47.0 Å². The molecule has 2 aliphatic rings. The number of aromatic nitrogens is 1. The van der Waals surface area contributed by atoms with Crippen LogP contribution >= 0.6 is 0 Å². The van der Waals surface area contributed by atoms with E-state index in [-0.39, 0.29) is 11.8 Å². The highest BCUT2D eigenvalue weighted by Crippen LogP contribution is 2.34. The molecule has 0 spiro atoms. The van der Waals surface area contributed by atoms with Crippen molar-refractivity contribution in [1.82, 2.24) is 15.0 Å². The Morgan fingerprint density at radius 1 is 1.03 bits per heavy atom. The van der Waals surface area contributed by atoms with E-state index >= 15 is 0 Å². The number of carbonyl (C=O) groups excluding carboxylic acids is 2. The summed E-state index contributed by atoms with van der Waals surface area (Å²) in [5.41, 5.74) is 2.86. The van der Waals surface area contributed by atoms with E-state index < -0.39 is 0 Å². The first-order valence-electron chi connectivity index (χ1n) is 10.7. The third-order valence-corrected chi connectivity index (χ3v) is 6.24. The van der Waals surface area contributed by atoms with Crippen LogP contribution in [0.1, 0.15) is 37.0 Å². The molecule has 1 saturated heterocycles. The van der Waals surface area contributed by atoms with E-state index in [4.69, 9.17) is 4.52 Å². The Bertz CT molecular complexity index is 1100. The Hall–Kier alpha value is -3.15. The van der Waals surface area contributed by atoms with E-state index in [9.17, 15) is 9.59 Å². The van der Waals surface area contributed by atoms with Gasteiger partial charge in [-0.2, -0.15) is 0 Å². The van der Waals surface area contributed by atoms with Crippen molar-refractivity contribution in [3.05, 3.63) is 53.8 Å². The summed E-state index contributed by atoms with van der Waals surface area (Å²) >= 11 is 0. The van der Waals surface area contributed by atoms with Crippen LogP contribution < -0.4 is 0 Å². The molecule has 1 fully saturated rings. The zero-order chi connectivity index (χ0) is 20.5. The molecule has 0 saturated carbocycles. The number of benzene rings is 2. The number of hydrogen-bond donors (Lipinski definition) is 0. The van der Waals surface area contributed by atoms with Gasteiger partial charge in [0.25, 0.3) is 0 Å². The highest BCUT2D eigenvalue weighted by atomic mass is 16.5. The first kappa shape index (κ1) is 18.9. The van der Waals surface area contributed by atoms with Crippen LogP contribution in [0.3, 0.4) is 0 Å². The Balaban J connectivity index is 1.35. The van der Waals surface area contributed by atoms with E-state index in [1.54, 1.807) is 0 Å². The molecular formula is C24H25N3O3. The van der Waals surface area contributed by atoms with Gasteiger partial charge in [0.15, 0.2) is 0 Å². The highest BCUT2D eigenvalue weighted by molar-refractivity contribution is 5.96. The highest BCUT2D eigenvalue weighted by Gasteiger charge is 2.28. The van der Waals surface area contributed by atoms with Gasteiger partial charge in [-0.15, -0.1) is 0 Å². The topological polar surface area (TPSA) is 66.7 Å². The number of fused-ring (bicyclic) bond motifs is 2. The molecule has 154 valence electrons. The quantitative estimate of drug-likeness (QED) is 0.665. The van der Waals surface area contributed by atoms with Crippen LogP contribution in [-0.2, 0) is 22.6 Å². The van der Waals surface area contributed by atoms with E-state index in [2.05, 4.69) is 29.4 Å². The van der Waals surface area contributed by atoms with Crippen molar-refractivity contribution in [1.29, 1.82) is 0 Å².